The fourth-order valence-electron chi connectivity index (χ4n) is 4.98. The number of carbonyl (C=O) groups excluding carboxylic acids is 1. The van der Waals surface area contributed by atoms with E-state index in [0.29, 0.717) is 24.3 Å². The van der Waals surface area contributed by atoms with Gasteiger partial charge in [0.15, 0.2) is 15.4 Å². The molecular weight excluding hydrogens is 609 g/mol. The van der Waals surface area contributed by atoms with Crippen LogP contribution < -0.4 is 10.1 Å². The Bertz CT molecular complexity index is 1710. The third-order valence-electron chi connectivity index (χ3n) is 7.56. The van der Waals surface area contributed by atoms with Crippen molar-refractivity contribution in [2.45, 2.75) is 52.6 Å². The molecule has 0 bridgehead atoms. The van der Waals surface area contributed by atoms with Crippen LogP contribution in [0.4, 0.5) is 0 Å². The monoisotopic (exact) mass is 644 g/mol. The van der Waals surface area contributed by atoms with Crippen molar-refractivity contribution in [1.82, 2.24) is 5.32 Å². The van der Waals surface area contributed by atoms with Gasteiger partial charge in [-0.05, 0) is 73.5 Å². The molecule has 0 aliphatic carbocycles. The Morgan fingerprint density at radius 1 is 0.956 bits per heavy atom. The third kappa shape index (κ3) is 7.94. The van der Waals surface area contributed by atoms with Crippen molar-refractivity contribution in [1.29, 1.82) is 0 Å². The van der Waals surface area contributed by atoms with Gasteiger partial charge in [0, 0.05) is 34.9 Å². The molecular formula is C35H36N2O6S2. The van der Waals surface area contributed by atoms with Gasteiger partial charge in [-0.15, -0.1) is 0 Å². The second kappa shape index (κ2) is 14.8. The van der Waals surface area contributed by atoms with Crippen LogP contribution in [0, 0.1) is 0 Å². The van der Waals surface area contributed by atoms with E-state index in [2.05, 4.69) is 5.32 Å². The molecule has 8 nitrogen and oxygen atoms in total. The van der Waals surface area contributed by atoms with Gasteiger partial charge in [-0.25, -0.2) is 13.4 Å². The summed E-state index contributed by atoms with van der Waals surface area (Å²) in [5.41, 5.74) is 0.0931. The summed E-state index contributed by atoms with van der Waals surface area (Å²) in [6, 6.07) is 33.2. The molecule has 0 aromatic heterocycles. The normalized spacial score (nSPS) is 17.7. The van der Waals surface area contributed by atoms with Gasteiger partial charge in [-0.1, -0.05) is 66.4 Å². The van der Waals surface area contributed by atoms with Crippen molar-refractivity contribution in [2.24, 2.45) is 4.99 Å². The van der Waals surface area contributed by atoms with E-state index in [1.807, 2.05) is 54.6 Å². The largest absolute Gasteiger partial charge is 0.494 e. The fraction of sp³-hybridized carbons (Fsp3) is 0.257. The number of aliphatic hydroxyl groups is 1. The van der Waals surface area contributed by atoms with Crippen molar-refractivity contribution in [2.75, 3.05) is 19.0 Å². The van der Waals surface area contributed by atoms with E-state index in [9.17, 15) is 13.2 Å². The molecule has 0 saturated heterocycles. The molecule has 1 aliphatic heterocycles. The molecule has 2 N–H and O–H groups in total. The lowest BCUT2D eigenvalue weighted by molar-refractivity contribution is -0.128. The Labute approximate surface area is 268 Å². The summed E-state index contributed by atoms with van der Waals surface area (Å²) in [6.07, 6.45) is -0.273. The Kier molecular flexibility index (Phi) is 10.6. The van der Waals surface area contributed by atoms with Crippen LogP contribution in [0.3, 0.4) is 0 Å². The van der Waals surface area contributed by atoms with Crippen LogP contribution in [0.2, 0.25) is 0 Å². The van der Waals surface area contributed by atoms with Gasteiger partial charge in [0.25, 0.3) is 5.91 Å². The van der Waals surface area contributed by atoms with Crippen molar-refractivity contribution in [3.63, 3.8) is 0 Å². The van der Waals surface area contributed by atoms with Crippen LogP contribution in [0.1, 0.15) is 30.9 Å². The quantitative estimate of drug-likeness (QED) is 0.170. The molecule has 10 heteroatoms. The molecule has 0 spiro atoms. The maximum Gasteiger partial charge on any atom is 0.252 e. The van der Waals surface area contributed by atoms with Crippen molar-refractivity contribution in [3.05, 3.63) is 120 Å². The number of rotatable bonds is 14. The summed E-state index contributed by atoms with van der Waals surface area (Å²) in [6.45, 7) is 2.41. The Morgan fingerprint density at radius 2 is 1.62 bits per heavy atom. The summed E-state index contributed by atoms with van der Waals surface area (Å²) in [4.78, 5) is 21.2. The van der Waals surface area contributed by atoms with Crippen LogP contribution in [0.25, 0.3) is 0 Å². The molecule has 5 rings (SSSR count). The van der Waals surface area contributed by atoms with E-state index < -0.39 is 27.4 Å². The van der Waals surface area contributed by atoms with E-state index in [4.69, 9.17) is 19.6 Å². The van der Waals surface area contributed by atoms with Gasteiger partial charge in [0.05, 0.1) is 17.3 Å². The molecule has 0 saturated carbocycles. The summed E-state index contributed by atoms with van der Waals surface area (Å²) >= 11 is 1.61. The number of carbonyl (C=O) groups is 1. The minimum atomic E-state index is -3.69. The van der Waals surface area contributed by atoms with Gasteiger partial charge in [0.2, 0.25) is 5.90 Å². The van der Waals surface area contributed by atoms with Crippen molar-refractivity contribution >= 4 is 33.4 Å². The molecule has 0 fully saturated rings. The third-order valence-corrected chi connectivity index (χ3v) is 10.4. The highest BCUT2D eigenvalue weighted by Gasteiger charge is 2.50. The zero-order valence-corrected chi connectivity index (χ0v) is 26.6. The lowest BCUT2D eigenvalue weighted by Gasteiger charge is -2.28. The van der Waals surface area contributed by atoms with Gasteiger partial charge < -0.3 is 19.9 Å². The standard InChI is InChI=1S/C35H36N2O6S2/c1-26-35(21-24-45(40,41)31-14-6-3-7-15-31,37-33(43-26)27-17-19-29(20-18-27)42-23-10-22-38)34(39)36-25-28-11-8-9-16-32(28)44-30-12-4-2-5-13-30/h2-9,11-20,26,38H,10,21-25H2,1H3,(H,36,39)/t26-,35-/m1/s1. The number of ether oxygens (including phenoxy) is 2. The van der Waals surface area contributed by atoms with Gasteiger partial charge >= 0.3 is 0 Å². The number of nitrogens with zero attached hydrogens (tertiary/aromatic N) is 1. The topological polar surface area (TPSA) is 114 Å². The molecule has 45 heavy (non-hydrogen) atoms. The smallest absolute Gasteiger partial charge is 0.252 e. The molecule has 4 aromatic rings. The Hall–Kier alpha value is -4.12. The molecule has 234 valence electrons. The van der Waals surface area contributed by atoms with E-state index >= 15 is 0 Å². The number of aliphatic hydroxyl groups excluding tert-OH is 1. The van der Waals surface area contributed by atoms with Crippen LogP contribution in [-0.4, -0.2) is 55.9 Å². The number of nitrogens with one attached hydrogen (secondary N) is 1. The van der Waals surface area contributed by atoms with Crippen LogP contribution in [0.5, 0.6) is 5.75 Å². The maximum absolute atomic E-state index is 14.1. The minimum Gasteiger partial charge on any atom is -0.494 e. The summed E-state index contributed by atoms with van der Waals surface area (Å²) in [5, 5.41) is 12.1. The molecule has 1 amide bonds. The Balaban J connectivity index is 1.40. The highest BCUT2D eigenvalue weighted by molar-refractivity contribution is 7.99. The first-order valence-corrected chi connectivity index (χ1v) is 17.3. The van der Waals surface area contributed by atoms with E-state index in [1.165, 1.54) is 0 Å². The molecule has 4 aromatic carbocycles. The molecule has 2 atom stereocenters. The maximum atomic E-state index is 14.1. The highest BCUT2D eigenvalue weighted by atomic mass is 32.2. The lowest BCUT2D eigenvalue weighted by Crippen LogP contribution is -2.51. The number of sulfone groups is 1. The SMILES string of the molecule is C[C@H]1OC(c2ccc(OCCCO)cc2)=N[C@@]1(CCS(=O)(=O)c1ccccc1)C(=O)NCc1ccccc1Sc1ccccc1. The number of amides is 1. The van der Waals surface area contributed by atoms with Gasteiger partial charge in [-0.3, -0.25) is 4.79 Å². The summed E-state index contributed by atoms with van der Waals surface area (Å²) in [7, 11) is -3.69. The highest BCUT2D eigenvalue weighted by Crippen LogP contribution is 2.35. The van der Waals surface area contributed by atoms with Crippen molar-refractivity contribution < 1.29 is 27.8 Å². The Morgan fingerprint density at radius 3 is 2.33 bits per heavy atom. The van der Waals surface area contributed by atoms with Crippen LogP contribution >= 0.6 is 11.8 Å². The van der Waals surface area contributed by atoms with Crippen LogP contribution in [0.15, 0.2) is 129 Å². The molecule has 1 aliphatic rings. The lowest BCUT2D eigenvalue weighted by atomic mass is 9.90. The second-order valence-corrected chi connectivity index (χ2v) is 13.9. The number of aliphatic imine (C=N–C) groups is 1. The average Bonchev–Trinajstić information content (AvgIpc) is 3.41. The predicted octanol–water partition coefficient (Wildman–Crippen LogP) is 5.68. The average molecular weight is 645 g/mol. The van der Waals surface area contributed by atoms with Crippen molar-refractivity contribution in [3.8, 4) is 5.75 Å². The number of hydrogen-bond donors (Lipinski definition) is 2. The van der Waals surface area contributed by atoms with Gasteiger partial charge in [0.1, 0.15) is 11.9 Å². The summed E-state index contributed by atoms with van der Waals surface area (Å²) < 4.78 is 38.4. The zero-order valence-electron chi connectivity index (χ0n) is 25.0. The van der Waals surface area contributed by atoms with E-state index in [-0.39, 0.29) is 36.1 Å². The molecule has 0 radical (unpaired) electrons. The summed E-state index contributed by atoms with van der Waals surface area (Å²) in [5.74, 6) is 0.199. The first kappa shape index (κ1) is 32.3. The minimum absolute atomic E-state index is 0.0439. The second-order valence-electron chi connectivity index (χ2n) is 10.6. The molecule has 0 unspecified atom stereocenters. The van der Waals surface area contributed by atoms with E-state index in [0.717, 1.165) is 15.4 Å². The number of benzene rings is 4. The van der Waals surface area contributed by atoms with Gasteiger partial charge in [-0.2, -0.15) is 0 Å². The number of hydrogen-bond acceptors (Lipinski definition) is 8. The fourth-order valence-corrected chi connectivity index (χ4v) is 7.33. The predicted molar refractivity (Wildman–Crippen MR) is 175 cm³/mol. The first-order valence-electron chi connectivity index (χ1n) is 14.8. The molecule has 1 heterocycles. The zero-order chi connectivity index (χ0) is 31.7. The first-order chi connectivity index (χ1) is 21.8. The van der Waals surface area contributed by atoms with Crippen LogP contribution in [-0.2, 0) is 25.9 Å². The van der Waals surface area contributed by atoms with E-state index in [1.54, 1.807) is 73.3 Å².